The number of piperidine rings is 1. The summed E-state index contributed by atoms with van der Waals surface area (Å²) in [6.07, 6.45) is 2.33. The van der Waals surface area contributed by atoms with Crippen LogP contribution in [0.5, 0.6) is 0 Å². The van der Waals surface area contributed by atoms with Crippen molar-refractivity contribution >= 4 is 22.6 Å². The molecule has 1 aromatic carbocycles. The fraction of sp³-hybridized carbons (Fsp3) is 0.444. The predicted octanol–water partition coefficient (Wildman–Crippen LogP) is 2.44. The van der Waals surface area contributed by atoms with Crippen molar-refractivity contribution in [2.24, 2.45) is 0 Å². The SMILES string of the molecule is Cc1ccc2cc(C(=O)N3CC[C@@]4(CCCO4)C(=O)C3)[nH]c2c1. The number of ketones is 1. The molecule has 1 atom stereocenters. The van der Waals surface area contributed by atoms with E-state index < -0.39 is 5.60 Å². The van der Waals surface area contributed by atoms with Crippen molar-refractivity contribution < 1.29 is 14.3 Å². The van der Waals surface area contributed by atoms with E-state index in [0.717, 1.165) is 29.3 Å². The minimum absolute atomic E-state index is 0.0431. The molecule has 120 valence electrons. The zero-order valence-electron chi connectivity index (χ0n) is 13.2. The molecular formula is C18H20N2O3. The highest BCUT2D eigenvalue weighted by atomic mass is 16.5. The molecule has 2 fully saturated rings. The van der Waals surface area contributed by atoms with Gasteiger partial charge in [0.05, 0.1) is 6.54 Å². The van der Waals surface area contributed by atoms with Crippen LogP contribution in [0.4, 0.5) is 0 Å². The first-order chi connectivity index (χ1) is 11.1. The number of rotatable bonds is 1. The van der Waals surface area contributed by atoms with Crippen LogP contribution in [0.1, 0.15) is 35.3 Å². The first-order valence-corrected chi connectivity index (χ1v) is 8.13. The molecule has 1 spiro atoms. The molecule has 0 aliphatic carbocycles. The van der Waals surface area contributed by atoms with E-state index >= 15 is 0 Å². The minimum Gasteiger partial charge on any atom is -0.367 e. The molecule has 1 aromatic heterocycles. The number of aromatic amines is 1. The number of ether oxygens (including phenoxy) is 1. The third-order valence-electron chi connectivity index (χ3n) is 5.03. The van der Waals surface area contributed by atoms with Crippen molar-refractivity contribution in [3.8, 4) is 0 Å². The Bertz CT molecular complexity index is 787. The lowest BCUT2D eigenvalue weighted by atomic mass is 9.87. The van der Waals surface area contributed by atoms with Gasteiger partial charge in [-0.25, -0.2) is 0 Å². The minimum atomic E-state index is -0.617. The number of amides is 1. The highest BCUT2D eigenvalue weighted by Gasteiger charge is 2.46. The van der Waals surface area contributed by atoms with Crippen LogP contribution < -0.4 is 0 Å². The predicted molar refractivity (Wildman–Crippen MR) is 86.5 cm³/mol. The summed E-state index contributed by atoms with van der Waals surface area (Å²) in [5.41, 5.74) is 2.02. The summed E-state index contributed by atoms with van der Waals surface area (Å²) < 4.78 is 5.69. The highest BCUT2D eigenvalue weighted by Crippen LogP contribution is 2.33. The third-order valence-corrected chi connectivity index (χ3v) is 5.03. The molecule has 1 N–H and O–H groups in total. The van der Waals surface area contributed by atoms with Crippen molar-refractivity contribution in [1.82, 2.24) is 9.88 Å². The number of fused-ring (bicyclic) bond motifs is 1. The molecule has 0 saturated carbocycles. The Balaban J connectivity index is 1.55. The average molecular weight is 312 g/mol. The molecule has 4 rings (SSSR count). The lowest BCUT2D eigenvalue weighted by Gasteiger charge is -2.36. The van der Waals surface area contributed by atoms with Crippen molar-refractivity contribution in [3.63, 3.8) is 0 Å². The molecule has 2 saturated heterocycles. The quantitative estimate of drug-likeness (QED) is 0.880. The molecular weight excluding hydrogens is 292 g/mol. The van der Waals surface area contributed by atoms with E-state index in [1.54, 1.807) is 4.90 Å². The summed E-state index contributed by atoms with van der Waals surface area (Å²) in [5, 5.41) is 1.01. The molecule has 2 aliphatic heterocycles. The highest BCUT2D eigenvalue weighted by molar-refractivity contribution is 6.01. The van der Waals surface area contributed by atoms with E-state index in [2.05, 4.69) is 4.98 Å². The summed E-state index contributed by atoms with van der Waals surface area (Å²) in [4.78, 5) is 30.0. The van der Waals surface area contributed by atoms with Crippen LogP contribution in [0.25, 0.3) is 10.9 Å². The van der Waals surface area contributed by atoms with Crippen molar-refractivity contribution in [1.29, 1.82) is 0 Å². The van der Waals surface area contributed by atoms with Gasteiger partial charge >= 0.3 is 0 Å². The van der Waals surface area contributed by atoms with Gasteiger partial charge in [-0.15, -0.1) is 0 Å². The smallest absolute Gasteiger partial charge is 0.270 e. The standard InChI is InChI=1S/C18H20N2O3/c1-12-3-4-13-10-15(19-14(13)9-12)17(22)20-7-6-18(16(21)11-20)5-2-8-23-18/h3-4,9-10,19H,2,5-8,11H2,1H3/t18-/m0/s1. The lowest BCUT2D eigenvalue weighted by molar-refractivity contribution is -0.144. The van der Waals surface area contributed by atoms with Crippen LogP contribution >= 0.6 is 0 Å². The second kappa shape index (κ2) is 5.20. The fourth-order valence-electron chi connectivity index (χ4n) is 3.67. The van der Waals surface area contributed by atoms with E-state index in [4.69, 9.17) is 4.74 Å². The van der Waals surface area contributed by atoms with Gasteiger partial charge in [0.15, 0.2) is 5.78 Å². The number of hydrogen-bond acceptors (Lipinski definition) is 3. The normalized spacial score (nSPS) is 24.7. The Morgan fingerprint density at radius 3 is 2.91 bits per heavy atom. The number of aryl methyl sites for hydroxylation is 1. The number of carbonyl (C=O) groups excluding carboxylic acids is 2. The maximum atomic E-state index is 12.7. The Labute approximate surface area is 134 Å². The molecule has 0 unspecified atom stereocenters. The van der Waals surface area contributed by atoms with E-state index in [9.17, 15) is 9.59 Å². The summed E-state index contributed by atoms with van der Waals surface area (Å²) in [5.74, 6) is -0.0680. The van der Waals surface area contributed by atoms with Crippen molar-refractivity contribution in [3.05, 3.63) is 35.5 Å². The molecule has 0 bridgehead atoms. The third kappa shape index (κ3) is 2.36. The Kier molecular flexibility index (Phi) is 3.27. The van der Waals surface area contributed by atoms with Crippen LogP contribution in [0, 0.1) is 6.92 Å². The molecule has 5 nitrogen and oxygen atoms in total. The second-order valence-corrected chi connectivity index (χ2v) is 6.62. The molecule has 3 heterocycles. The summed E-state index contributed by atoms with van der Waals surface area (Å²) >= 11 is 0. The molecule has 2 aromatic rings. The second-order valence-electron chi connectivity index (χ2n) is 6.62. The number of hydrogen-bond donors (Lipinski definition) is 1. The van der Waals surface area contributed by atoms with E-state index in [1.165, 1.54) is 0 Å². The number of nitrogens with one attached hydrogen (secondary N) is 1. The maximum Gasteiger partial charge on any atom is 0.270 e. The Morgan fingerprint density at radius 1 is 1.30 bits per heavy atom. The van der Waals surface area contributed by atoms with Gasteiger partial charge < -0.3 is 14.6 Å². The van der Waals surface area contributed by atoms with Gasteiger partial charge in [0.1, 0.15) is 11.3 Å². The van der Waals surface area contributed by atoms with Crippen molar-refractivity contribution in [2.45, 2.75) is 31.8 Å². The molecule has 1 amide bonds. The molecule has 5 heteroatoms. The first-order valence-electron chi connectivity index (χ1n) is 8.13. The molecule has 23 heavy (non-hydrogen) atoms. The monoisotopic (exact) mass is 312 g/mol. The zero-order valence-corrected chi connectivity index (χ0v) is 13.2. The summed E-state index contributed by atoms with van der Waals surface area (Å²) in [6, 6.07) is 7.91. The van der Waals surface area contributed by atoms with Gasteiger partial charge in [-0.05, 0) is 37.5 Å². The van der Waals surface area contributed by atoms with Crippen LogP contribution in [-0.2, 0) is 9.53 Å². The number of carbonyl (C=O) groups is 2. The largest absolute Gasteiger partial charge is 0.367 e. The lowest BCUT2D eigenvalue weighted by Crippen LogP contribution is -2.53. The number of Topliss-reactive ketones (excluding diaryl/α,β-unsaturated/α-hetero) is 1. The molecule has 0 radical (unpaired) electrons. The van der Waals surface area contributed by atoms with E-state index in [-0.39, 0.29) is 18.2 Å². The summed E-state index contributed by atoms with van der Waals surface area (Å²) in [6.45, 7) is 3.39. The average Bonchev–Trinajstić information content (AvgIpc) is 3.16. The van der Waals surface area contributed by atoms with Gasteiger partial charge in [0.2, 0.25) is 0 Å². The van der Waals surface area contributed by atoms with Crippen molar-refractivity contribution in [2.75, 3.05) is 19.7 Å². The van der Waals surface area contributed by atoms with Crippen LogP contribution in [-0.4, -0.2) is 46.9 Å². The summed E-state index contributed by atoms with van der Waals surface area (Å²) in [7, 11) is 0. The van der Waals surface area contributed by atoms with Gasteiger partial charge in [0, 0.05) is 30.5 Å². The number of benzene rings is 1. The van der Waals surface area contributed by atoms with Gasteiger partial charge in [-0.2, -0.15) is 0 Å². The fourth-order valence-corrected chi connectivity index (χ4v) is 3.67. The van der Waals surface area contributed by atoms with E-state index in [0.29, 0.717) is 25.3 Å². The van der Waals surface area contributed by atoms with Gasteiger partial charge in [-0.3, -0.25) is 9.59 Å². The topological polar surface area (TPSA) is 62.4 Å². The van der Waals surface area contributed by atoms with Crippen LogP contribution in [0.2, 0.25) is 0 Å². The Hall–Kier alpha value is -2.14. The van der Waals surface area contributed by atoms with Crippen LogP contribution in [0.15, 0.2) is 24.3 Å². The van der Waals surface area contributed by atoms with Gasteiger partial charge in [0.25, 0.3) is 5.91 Å². The zero-order chi connectivity index (χ0) is 16.0. The van der Waals surface area contributed by atoms with Crippen LogP contribution in [0.3, 0.4) is 0 Å². The molecule has 2 aliphatic rings. The van der Waals surface area contributed by atoms with E-state index in [1.807, 2.05) is 31.2 Å². The Morgan fingerprint density at radius 2 is 2.17 bits per heavy atom. The number of likely N-dealkylation sites (tertiary alicyclic amines) is 1. The maximum absolute atomic E-state index is 12.7. The van der Waals surface area contributed by atoms with Gasteiger partial charge in [-0.1, -0.05) is 12.1 Å². The number of H-pyrrole nitrogens is 1. The number of nitrogens with zero attached hydrogens (tertiary/aromatic N) is 1. The number of aromatic nitrogens is 1. The first kappa shape index (κ1) is 14.5.